The summed E-state index contributed by atoms with van der Waals surface area (Å²) in [5, 5.41) is 22.9. The van der Waals surface area contributed by atoms with Crippen LogP contribution in [0.15, 0.2) is 36.4 Å². The first-order valence-electron chi connectivity index (χ1n) is 9.18. The lowest BCUT2D eigenvalue weighted by Gasteiger charge is -2.09. The summed E-state index contributed by atoms with van der Waals surface area (Å²) in [6.45, 7) is 5.26. The van der Waals surface area contributed by atoms with Crippen LogP contribution in [-0.4, -0.2) is 23.1 Å². The standard InChI is InChI=1S/C20H24N2O6/c1-3-9-27-13-17-7-5-15(11-19(17)21(23)24)16-6-8-18(14-28-10-4-2)20(12-16)22(25)26/h5-8,11-12H,3-4,9-10,13-14H2,1-2H3. The molecular weight excluding hydrogens is 364 g/mol. The van der Waals surface area contributed by atoms with Crippen molar-refractivity contribution < 1.29 is 19.3 Å². The molecule has 0 aliphatic carbocycles. The molecule has 0 saturated heterocycles. The van der Waals surface area contributed by atoms with Crippen LogP contribution >= 0.6 is 0 Å². The van der Waals surface area contributed by atoms with Gasteiger partial charge in [0.2, 0.25) is 0 Å². The first kappa shape index (κ1) is 21.5. The Hall–Kier alpha value is -2.84. The van der Waals surface area contributed by atoms with Gasteiger partial charge in [-0.3, -0.25) is 20.2 Å². The quantitative estimate of drug-likeness (QED) is 0.304. The normalized spacial score (nSPS) is 10.8. The molecule has 0 spiro atoms. The van der Waals surface area contributed by atoms with E-state index in [4.69, 9.17) is 9.47 Å². The molecule has 0 amide bonds. The fourth-order valence-electron chi connectivity index (χ4n) is 2.72. The minimum atomic E-state index is -0.463. The van der Waals surface area contributed by atoms with Crippen LogP contribution < -0.4 is 0 Å². The maximum Gasteiger partial charge on any atom is 0.275 e. The lowest BCUT2D eigenvalue weighted by atomic mass is 10.00. The Morgan fingerprint density at radius 3 is 1.46 bits per heavy atom. The average molecular weight is 388 g/mol. The zero-order chi connectivity index (χ0) is 20.5. The van der Waals surface area contributed by atoms with Crippen LogP contribution in [0.25, 0.3) is 11.1 Å². The third-order valence-corrected chi connectivity index (χ3v) is 4.11. The summed E-state index contributed by atoms with van der Waals surface area (Å²) in [6.07, 6.45) is 1.65. The predicted molar refractivity (Wildman–Crippen MR) is 105 cm³/mol. The van der Waals surface area contributed by atoms with Gasteiger partial charge in [-0.15, -0.1) is 0 Å². The van der Waals surface area contributed by atoms with Gasteiger partial charge in [0.1, 0.15) is 0 Å². The summed E-state index contributed by atoms with van der Waals surface area (Å²) in [4.78, 5) is 22.0. The molecule has 2 aromatic carbocycles. The second-order valence-corrected chi connectivity index (χ2v) is 6.31. The highest BCUT2D eigenvalue weighted by atomic mass is 16.6. The number of rotatable bonds is 11. The van der Waals surface area contributed by atoms with Crippen molar-refractivity contribution in [1.29, 1.82) is 0 Å². The molecule has 0 saturated carbocycles. The first-order valence-corrected chi connectivity index (χ1v) is 9.18. The minimum Gasteiger partial charge on any atom is -0.377 e. The molecule has 0 atom stereocenters. The molecular formula is C20H24N2O6. The number of ether oxygens (including phenoxy) is 2. The van der Waals surface area contributed by atoms with Crippen LogP contribution in [0, 0.1) is 20.2 Å². The lowest BCUT2D eigenvalue weighted by molar-refractivity contribution is -0.386. The molecule has 150 valence electrons. The van der Waals surface area contributed by atoms with Gasteiger partial charge in [0.25, 0.3) is 11.4 Å². The van der Waals surface area contributed by atoms with Gasteiger partial charge in [-0.25, -0.2) is 0 Å². The van der Waals surface area contributed by atoms with E-state index in [1.807, 2.05) is 13.8 Å². The Kier molecular flexibility index (Phi) is 8.03. The SMILES string of the molecule is CCCOCc1ccc(-c2ccc(COCCC)c([N+](=O)[O-])c2)cc1[N+](=O)[O-]. The molecule has 0 bridgehead atoms. The fourth-order valence-corrected chi connectivity index (χ4v) is 2.72. The van der Waals surface area contributed by atoms with E-state index in [-0.39, 0.29) is 24.6 Å². The average Bonchev–Trinajstić information content (AvgIpc) is 2.68. The van der Waals surface area contributed by atoms with Crippen LogP contribution in [0.2, 0.25) is 0 Å². The van der Waals surface area contributed by atoms with E-state index in [1.54, 1.807) is 24.3 Å². The Morgan fingerprint density at radius 2 is 1.14 bits per heavy atom. The molecule has 2 aromatic rings. The molecule has 28 heavy (non-hydrogen) atoms. The minimum absolute atomic E-state index is 0.0633. The van der Waals surface area contributed by atoms with Crippen molar-refractivity contribution in [3.05, 3.63) is 67.8 Å². The Bertz CT molecular complexity index is 768. The van der Waals surface area contributed by atoms with Gasteiger partial charge in [-0.05, 0) is 36.1 Å². The van der Waals surface area contributed by atoms with Crippen LogP contribution in [0.5, 0.6) is 0 Å². The molecule has 0 fully saturated rings. The summed E-state index contributed by atoms with van der Waals surface area (Å²) in [5.41, 5.74) is 1.89. The number of nitrogens with zero attached hydrogens (tertiary/aromatic N) is 2. The van der Waals surface area contributed by atoms with Crippen molar-refractivity contribution in [2.75, 3.05) is 13.2 Å². The van der Waals surface area contributed by atoms with Crippen molar-refractivity contribution in [2.45, 2.75) is 39.9 Å². The van der Waals surface area contributed by atoms with Gasteiger partial charge in [0, 0.05) is 25.3 Å². The van der Waals surface area contributed by atoms with E-state index >= 15 is 0 Å². The number of nitro groups is 2. The van der Waals surface area contributed by atoms with Gasteiger partial charge < -0.3 is 9.47 Å². The summed E-state index contributed by atoms with van der Waals surface area (Å²) in [5.74, 6) is 0. The van der Waals surface area contributed by atoms with Crippen molar-refractivity contribution in [3.8, 4) is 11.1 Å². The van der Waals surface area contributed by atoms with Crippen LogP contribution in [0.4, 0.5) is 11.4 Å². The van der Waals surface area contributed by atoms with E-state index in [0.717, 1.165) is 12.8 Å². The van der Waals surface area contributed by atoms with E-state index in [1.165, 1.54) is 12.1 Å². The first-order chi connectivity index (χ1) is 13.5. The Labute approximate surface area is 163 Å². The third kappa shape index (κ3) is 5.58. The molecule has 0 aromatic heterocycles. The second kappa shape index (κ2) is 10.5. The predicted octanol–water partition coefficient (Wildman–Crippen LogP) is 5.02. The van der Waals surface area contributed by atoms with Crippen molar-refractivity contribution in [3.63, 3.8) is 0 Å². The highest BCUT2D eigenvalue weighted by molar-refractivity contribution is 5.70. The smallest absolute Gasteiger partial charge is 0.275 e. The summed E-state index contributed by atoms with van der Waals surface area (Å²) >= 11 is 0. The van der Waals surface area contributed by atoms with Gasteiger partial charge >= 0.3 is 0 Å². The molecule has 8 nitrogen and oxygen atoms in total. The third-order valence-electron chi connectivity index (χ3n) is 4.11. The monoisotopic (exact) mass is 388 g/mol. The van der Waals surface area contributed by atoms with E-state index in [2.05, 4.69) is 0 Å². The van der Waals surface area contributed by atoms with Gasteiger partial charge in [0.05, 0.1) is 34.2 Å². The van der Waals surface area contributed by atoms with Crippen molar-refractivity contribution in [2.24, 2.45) is 0 Å². The lowest BCUT2D eigenvalue weighted by Crippen LogP contribution is -2.01. The maximum atomic E-state index is 11.4. The van der Waals surface area contributed by atoms with Crippen molar-refractivity contribution >= 4 is 11.4 Å². The molecule has 0 radical (unpaired) electrons. The summed E-state index contributed by atoms with van der Waals surface area (Å²) in [6, 6.07) is 9.54. The van der Waals surface area contributed by atoms with Crippen LogP contribution in [0.3, 0.4) is 0 Å². The molecule has 0 N–H and O–H groups in total. The summed E-state index contributed by atoms with van der Waals surface area (Å²) < 4.78 is 10.8. The molecule has 0 aliphatic heterocycles. The molecule has 0 heterocycles. The molecule has 0 unspecified atom stereocenters. The largest absolute Gasteiger partial charge is 0.377 e. The van der Waals surface area contributed by atoms with Gasteiger partial charge in [0.15, 0.2) is 0 Å². The van der Waals surface area contributed by atoms with E-state index < -0.39 is 9.85 Å². The van der Waals surface area contributed by atoms with E-state index in [9.17, 15) is 20.2 Å². The van der Waals surface area contributed by atoms with Crippen LogP contribution in [-0.2, 0) is 22.7 Å². The highest BCUT2D eigenvalue weighted by Crippen LogP contribution is 2.31. The number of benzene rings is 2. The van der Waals surface area contributed by atoms with Crippen LogP contribution in [0.1, 0.15) is 37.8 Å². The van der Waals surface area contributed by atoms with Gasteiger partial charge in [-0.2, -0.15) is 0 Å². The number of hydrogen-bond donors (Lipinski definition) is 0. The molecule has 2 rings (SSSR count). The highest BCUT2D eigenvalue weighted by Gasteiger charge is 2.19. The van der Waals surface area contributed by atoms with Crippen molar-refractivity contribution in [1.82, 2.24) is 0 Å². The Morgan fingerprint density at radius 1 is 0.750 bits per heavy atom. The number of nitro benzene ring substituents is 2. The second-order valence-electron chi connectivity index (χ2n) is 6.31. The fraction of sp³-hybridized carbons (Fsp3) is 0.400. The van der Waals surface area contributed by atoms with E-state index in [0.29, 0.717) is 35.5 Å². The maximum absolute atomic E-state index is 11.4. The number of hydrogen-bond acceptors (Lipinski definition) is 6. The zero-order valence-corrected chi connectivity index (χ0v) is 16.1. The molecule has 0 aliphatic rings. The summed E-state index contributed by atoms with van der Waals surface area (Å²) in [7, 11) is 0. The van der Waals surface area contributed by atoms with Gasteiger partial charge in [-0.1, -0.05) is 26.0 Å². The zero-order valence-electron chi connectivity index (χ0n) is 16.1. The molecule has 8 heteroatoms. The Balaban J connectivity index is 2.35. The topological polar surface area (TPSA) is 105 Å².